The van der Waals surface area contributed by atoms with Crippen molar-refractivity contribution in [2.45, 2.75) is 12.5 Å². The van der Waals surface area contributed by atoms with Gasteiger partial charge in [0.15, 0.2) is 0 Å². The lowest BCUT2D eigenvalue weighted by molar-refractivity contribution is 0.811. The first-order valence-corrected chi connectivity index (χ1v) is 4.41. The molecule has 0 radical (unpaired) electrons. The van der Waals surface area contributed by atoms with E-state index in [0.717, 1.165) is 6.42 Å². The summed E-state index contributed by atoms with van der Waals surface area (Å²) < 4.78 is 0. The van der Waals surface area contributed by atoms with E-state index < -0.39 is 0 Å². The quantitative estimate of drug-likeness (QED) is 0.658. The molecule has 66 valence electrons. The number of benzene rings is 1. The second kappa shape index (κ2) is 3.44. The third-order valence-electron chi connectivity index (χ3n) is 2.26. The molecule has 0 amide bonds. The van der Waals surface area contributed by atoms with Crippen molar-refractivity contribution >= 4 is 11.8 Å². The van der Waals surface area contributed by atoms with Crippen LogP contribution in [0, 0.1) is 5.41 Å². The van der Waals surface area contributed by atoms with Crippen molar-refractivity contribution in [2.75, 3.05) is 0 Å². The lowest BCUT2D eigenvalue weighted by atomic mass is 10.0. The van der Waals surface area contributed by atoms with Gasteiger partial charge >= 0.3 is 0 Å². The van der Waals surface area contributed by atoms with Crippen LogP contribution in [0.4, 0.5) is 0 Å². The Morgan fingerprint density at radius 1 is 1.31 bits per heavy atom. The Balaban J connectivity index is 2.17. The Bertz CT molecular complexity index is 327. The second-order valence-corrected chi connectivity index (χ2v) is 3.18. The highest BCUT2D eigenvalue weighted by Gasteiger charge is 2.14. The zero-order valence-electron chi connectivity index (χ0n) is 7.33. The molecule has 0 saturated heterocycles. The molecule has 1 aromatic rings. The molecule has 0 aliphatic carbocycles. The maximum atomic E-state index is 7.13. The van der Waals surface area contributed by atoms with Crippen LogP contribution in [0.2, 0.25) is 0 Å². The lowest BCUT2D eigenvalue weighted by Gasteiger charge is -2.02. The third-order valence-corrected chi connectivity index (χ3v) is 2.26. The van der Waals surface area contributed by atoms with Crippen LogP contribution in [0.3, 0.4) is 0 Å². The van der Waals surface area contributed by atoms with Gasteiger partial charge in [-0.05, 0) is 17.6 Å². The first-order chi connectivity index (χ1) is 6.40. The summed E-state index contributed by atoms with van der Waals surface area (Å²) in [5.41, 5.74) is 2.54. The van der Waals surface area contributed by atoms with Gasteiger partial charge in [0, 0.05) is 12.4 Å². The fraction of sp³-hybridized carbons (Fsp3) is 0.182. The summed E-state index contributed by atoms with van der Waals surface area (Å²) in [6.07, 6.45) is 4.38. The molecule has 0 spiro atoms. The fourth-order valence-corrected chi connectivity index (χ4v) is 1.52. The fourth-order valence-electron chi connectivity index (χ4n) is 1.52. The van der Waals surface area contributed by atoms with Crippen LogP contribution in [0.25, 0.3) is 5.57 Å². The van der Waals surface area contributed by atoms with Crippen LogP contribution in [-0.4, -0.2) is 12.3 Å². The summed E-state index contributed by atoms with van der Waals surface area (Å²) in [5, 5.41) is 10.3. The molecular weight excluding hydrogens is 160 g/mol. The Kier molecular flexibility index (Phi) is 2.13. The van der Waals surface area contributed by atoms with Gasteiger partial charge in [-0.2, -0.15) is 0 Å². The van der Waals surface area contributed by atoms with Crippen LogP contribution in [-0.2, 0) is 0 Å². The molecule has 13 heavy (non-hydrogen) atoms. The minimum atomic E-state index is 0.190. The molecule has 2 heteroatoms. The van der Waals surface area contributed by atoms with E-state index in [1.165, 1.54) is 17.4 Å². The number of rotatable bonds is 2. The van der Waals surface area contributed by atoms with E-state index in [0.29, 0.717) is 0 Å². The van der Waals surface area contributed by atoms with Crippen molar-refractivity contribution in [1.29, 1.82) is 5.41 Å². The van der Waals surface area contributed by atoms with Gasteiger partial charge in [-0.15, -0.1) is 0 Å². The molecule has 2 rings (SSSR count). The molecule has 0 bridgehead atoms. The lowest BCUT2D eigenvalue weighted by Crippen LogP contribution is -2.19. The average Bonchev–Trinajstić information content (AvgIpc) is 2.67. The van der Waals surface area contributed by atoms with E-state index >= 15 is 0 Å². The highest BCUT2D eigenvalue weighted by molar-refractivity contribution is 5.74. The third kappa shape index (κ3) is 1.61. The molecule has 1 heterocycles. The van der Waals surface area contributed by atoms with Crippen molar-refractivity contribution < 1.29 is 0 Å². The Hall–Kier alpha value is -1.57. The van der Waals surface area contributed by atoms with Crippen LogP contribution in [0.1, 0.15) is 12.0 Å². The van der Waals surface area contributed by atoms with Crippen LogP contribution < -0.4 is 5.32 Å². The largest absolute Gasteiger partial charge is 0.383 e. The first kappa shape index (κ1) is 8.05. The van der Waals surface area contributed by atoms with E-state index in [1.54, 1.807) is 0 Å². The molecule has 1 aromatic carbocycles. The Labute approximate surface area is 77.8 Å². The maximum absolute atomic E-state index is 7.13. The van der Waals surface area contributed by atoms with Crippen molar-refractivity contribution in [2.24, 2.45) is 0 Å². The minimum Gasteiger partial charge on any atom is -0.383 e. The zero-order valence-corrected chi connectivity index (χ0v) is 7.33. The number of hydrogen-bond donors (Lipinski definition) is 2. The van der Waals surface area contributed by atoms with Gasteiger partial charge in [0.1, 0.15) is 0 Å². The summed E-state index contributed by atoms with van der Waals surface area (Å²) in [6.45, 7) is 0. The molecule has 2 N–H and O–H groups in total. The molecule has 1 aliphatic heterocycles. The van der Waals surface area contributed by atoms with Gasteiger partial charge in [-0.25, -0.2) is 0 Å². The van der Waals surface area contributed by atoms with E-state index in [2.05, 4.69) is 17.4 Å². The Morgan fingerprint density at radius 2 is 2.08 bits per heavy atom. The second-order valence-electron chi connectivity index (χ2n) is 3.18. The Morgan fingerprint density at radius 3 is 2.69 bits per heavy atom. The predicted molar refractivity (Wildman–Crippen MR) is 54.7 cm³/mol. The monoisotopic (exact) mass is 172 g/mol. The van der Waals surface area contributed by atoms with E-state index in [-0.39, 0.29) is 6.04 Å². The molecule has 0 aromatic heterocycles. The number of nitrogens with one attached hydrogen (secondary N) is 2. The van der Waals surface area contributed by atoms with Gasteiger partial charge < -0.3 is 10.7 Å². The predicted octanol–water partition coefficient (Wildman–Crippen LogP) is 2.04. The molecule has 1 atom stereocenters. The van der Waals surface area contributed by atoms with Crippen LogP contribution >= 0.6 is 0 Å². The van der Waals surface area contributed by atoms with Gasteiger partial charge in [0.05, 0.1) is 6.04 Å². The summed E-state index contributed by atoms with van der Waals surface area (Å²) in [6, 6.07) is 10.5. The van der Waals surface area contributed by atoms with Gasteiger partial charge in [-0.1, -0.05) is 30.3 Å². The van der Waals surface area contributed by atoms with E-state index in [4.69, 9.17) is 5.41 Å². The van der Waals surface area contributed by atoms with Crippen molar-refractivity contribution in [3.63, 3.8) is 0 Å². The summed E-state index contributed by atoms with van der Waals surface area (Å²) >= 11 is 0. The van der Waals surface area contributed by atoms with Crippen molar-refractivity contribution in [3.8, 4) is 0 Å². The zero-order chi connectivity index (χ0) is 9.10. The van der Waals surface area contributed by atoms with Gasteiger partial charge in [0.25, 0.3) is 0 Å². The summed E-state index contributed by atoms with van der Waals surface area (Å²) in [4.78, 5) is 0. The summed E-state index contributed by atoms with van der Waals surface area (Å²) in [7, 11) is 0. The van der Waals surface area contributed by atoms with Crippen LogP contribution in [0.5, 0.6) is 0 Å². The van der Waals surface area contributed by atoms with Crippen molar-refractivity contribution in [3.05, 3.63) is 42.1 Å². The summed E-state index contributed by atoms with van der Waals surface area (Å²) in [5.74, 6) is 0. The minimum absolute atomic E-state index is 0.190. The highest BCUT2D eigenvalue weighted by Crippen LogP contribution is 2.22. The number of hydrogen-bond acceptors (Lipinski definition) is 2. The molecular formula is C11H12N2. The average molecular weight is 172 g/mol. The standard InChI is InChI=1S/C11H12N2/c12-7-11-6-10(8-13-11)9-4-2-1-3-5-9/h1-5,7-8,11-13H,6H2/t11-/m0/s1. The maximum Gasteiger partial charge on any atom is 0.0644 e. The normalized spacial score (nSPS) is 20.6. The molecule has 0 fully saturated rings. The van der Waals surface area contributed by atoms with Crippen molar-refractivity contribution in [1.82, 2.24) is 5.32 Å². The molecule has 0 unspecified atom stereocenters. The molecule has 0 saturated carbocycles. The van der Waals surface area contributed by atoms with Gasteiger partial charge in [-0.3, -0.25) is 0 Å². The van der Waals surface area contributed by atoms with E-state index in [1.807, 2.05) is 24.4 Å². The SMILES string of the molecule is N=C[C@@H]1CC(c2ccccc2)=CN1. The first-order valence-electron chi connectivity index (χ1n) is 4.41. The topological polar surface area (TPSA) is 35.9 Å². The molecule has 1 aliphatic rings. The molecule has 2 nitrogen and oxygen atoms in total. The smallest absolute Gasteiger partial charge is 0.0644 e. The van der Waals surface area contributed by atoms with E-state index in [9.17, 15) is 0 Å². The van der Waals surface area contributed by atoms with Gasteiger partial charge in [0.2, 0.25) is 0 Å². The highest BCUT2D eigenvalue weighted by atomic mass is 14.9. The van der Waals surface area contributed by atoms with Crippen LogP contribution in [0.15, 0.2) is 36.5 Å².